The molecule has 0 aliphatic carbocycles. The first kappa shape index (κ1) is 9.91. The van der Waals surface area contributed by atoms with Crippen LogP contribution in [0.2, 0.25) is 0 Å². The highest BCUT2D eigenvalue weighted by atomic mass is 16.2. The topological polar surface area (TPSA) is 98.5 Å². The van der Waals surface area contributed by atoms with Gasteiger partial charge in [-0.05, 0) is 0 Å². The lowest BCUT2D eigenvalue weighted by atomic mass is 10.1. The van der Waals surface area contributed by atoms with E-state index in [1.54, 1.807) is 18.2 Å². The van der Waals surface area contributed by atoms with E-state index in [0.29, 0.717) is 0 Å². The van der Waals surface area contributed by atoms with Crippen molar-refractivity contribution in [1.82, 2.24) is 0 Å². The summed E-state index contributed by atoms with van der Waals surface area (Å²) in [6.45, 7) is 0. The molecule has 0 radical (unpaired) electrons. The standard InChI is InChI=1S/C9H9N3O2/c10-9(11)12-8(14)7(13)6-4-2-1-3-5-6/h1-5H,(H4,10,11,12,14). The Morgan fingerprint density at radius 2 is 1.64 bits per heavy atom. The number of carbonyl (C=O) groups excluding carboxylic acids is 2. The number of carbonyl (C=O) groups is 2. The average molecular weight is 191 g/mol. The SMILES string of the molecule is NC(N)=NC(=O)C(=O)c1ccccc1. The van der Waals surface area contributed by atoms with Crippen LogP contribution in [0.3, 0.4) is 0 Å². The Morgan fingerprint density at radius 3 is 2.14 bits per heavy atom. The first-order valence-electron chi connectivity index (χ1n) is 3.84. The van der Waals surface area contributed by atoms with Crippen molar-refractivity contribution in [3.63, 3.8) is 0 Å². The molecule has 0 bridgehead atoms. The van der Waals surface area contributed by atoms with Gasteiger partial charge in [0, 0.05) is 5.56 Å². The second kappa shape index (κ2) is 4.18. The third kappa shape index (κ3) is 2.41. The van der Waals surface area contributed by atoms with Gasteiger partial charge in [0.25, 0.3) is 5.78 Å². The van der Waals surface area contributed by atoms with E-state index in [4.69, 9.17) is 11.5 Å². The first-order valence-corrected chi connectivity index (χ1v) is 3.84. The molecule has 0 aromatic heterocycles. The largest absolute Gasteiger partial charge is 0.370 e. The third-order valence-electron chi connectivity index (χ3n) is 1.46. The van der Waals surface area contributed by atoms with Crippen molar-refractivity contribution < 1.29 is 9.59 Å². The lowest BCUT2D eigenvalue weighted by Crippen LogP contribution is -2.26. The molecule has 5 nitrogen and oxygen atoms in total. The van der Waals surface area contributed by atoms with Gasteiger partial charge in [-0.2, -0.15) is 4.99 Å². The van der Waals surface area contributed by atoms with Gasteiger partial charge in [0.05, 0.1) is 0 Å². The summed E-state index contributed by atoms with van der Waals surface area (Å²) in [5.41, 5.74) is 10.2. The van der Waals surface area contributed by atoms with Crippen LogP contribution in [0.5, 0.6) is 0 Å². The van der Waals surface area contributed by atoms with Gasteiger partial charge < -0.3 is 11.5 Å². The van der Waals surface area contributed by atoms with Gasteiger partial charge in [-0.3, -0.25) is 9.59 Å². The number of hydrogen-bond acceptors (Lipinski definition) is 2. The predicted octanol–water partition coefficient (Wildman–Crippen LogP) is -0.331. The number of nitrogens with two attached hydrogens (primary N) is 2. The Hall–Kier alpha value is -2.17. The summed E-state index contributed by atoms with van der Waals surface area (Å²) in [5, 5.41) is 0. The zero-order valence-electron chi connectivity index (χ0n) is 7.31. The molecule has 0 aliphatic rings. The average Bonchev–Trinajstić information content (AvgIpc) is 2.17. The monoisotopic (exact) mass is 191 g/mol. The van der Waals surface area contributed by atoms with Crippen LogP contribution >= 0.6 is 0 Å². The molecule has 0 heterocycles. The normalized spacial score (nSPS) is 9.14. The van der Waals surface area contributed by atoms with Crippen LogP contribution in [0.4, 0.5) is 0 Å². The molecule has 72 valence electrons. The Morgan fingerprint density at radius 1 is 1.07 bits per heavy atom. The summed E-state index contributed by atoms with van der Waals surface area (Å²) in [6.07, 6.45) is 0. The highest BCUT2D eigenvalue weighted by Crippen LogP contribution is 2.00. The molecular formula is C9H9N3O2. The van der Waals surface area contributed by atoms with Gasteiger partial charge in [-0.15, -0.1) is 0 Å². The summed E-state index contributed by atoms with van der Waals surface area (Å²) in [4.78, 5) is 25.5. The first-order chi connectivity index (χ1) is 6.61. The van der Waals surface area contributed by atoms with E-state index in [0.717, 1.165) is 0 Å². The van der Waals surface area contributed by atoms with E-state index in [-0.39, 0.29) is 5.56 Å². The summed E-state index contributed by atoms with van der Waals surface area (Å²) in [5.74, 6) is -2.10. The molecule has 1 aromatic rings. The number of Topliss-reactive ketones (excluding diaryl/α,β-unsaturated/α-hetero) is 1. The molecule has 14 heavy (non-hydrogen) atoms. The van der Waals surface area contributed by atoms with E-state index in [2.05, 4.69) is 4.99 Å². The second-order valence-electron chi connectivity index (χ2n) is 2.54. The maximum Gasteiger partial charge on any atom is 0.321 e. The molecule has 0 atom stereocenters. The van der Waals surface area contributed by atoms with Gasteiger partial charge in [0.1, 0.15) is 0 Å². The van der Waals surface area contributed by atoms with E-state index in [1.165, 1.54) is 12.1 Å². The van der Waals surface area contributed by atoms with Crippen molar-refractivity contribution >= 4 is 17.6 Å². The number of ketones is 1. The van der Waals surface area contributed by atoms with Crippen molar-refractivity contribution in [2.24, 2.45) is 16.5 Å². The fourth-order valence-corrected chi connectivity index (χ4v) is 0.881. The van der Waals surface area contributed by atoms with E-state index >= 15 is 0 Å². The van der Waals surface area contributed by atoms with Gasteiger partial charge in [-0.25, -0.2) is 0 Å². The van der Waals surface area contributed by atoms with Crippen LogP contribution in [0.1, 0.15) is 10.4 Å². The molecule has 0 aliphatic heterocycles. The Bertz CT molecular complexity index is 380. The Labute approximate surface area is 80.4 Å². The number of guanidine groups is 1. The lowest BCUT2D eigenvalue weighted by Gasteiger charge is -1.95. The van der Waals surface area contributed by atoms with Crippen LogP contribution in [-0.2, 0) is 4.79 Å². The summed E-state index contributed by atoms with van der Waals surface area (Å²) in [7, 11) is 0. The van der Waals surface area contributed by atoms with Gasteiger partial charge in [0.2, 0.25) is 0 Å². The summed E-state index contributed by atoms with van der Waals surface area (Å²) >= 11 is 0. The van der Waals surface area contributed by atoms with E-state index in [9.17, 15) is 9.59 Å². The Kier molecular flexibility index (Phi) is 2.96. The summed E-state index contributed by atoms with van der Waals surface area (Å²) < 4.78 is 0. The van der Waals surface area contributed by atoms with Crippen LogP contribution < -0.4 is 11.5 Å². The molecule has 0 unspecified atom stereocenters. The van der Waals surface area contributed by atoms with Gasteiger partial charge in [-0.1, -0.05) is 30.3 Å². The highest BCUT2D eigenvalue weighted by molar-refractivity contribution is 6.44. The zero-order valence-corrected chi connectivity index (χ0v) is 7.31. The molecule has 0 spiro atoms. The number of aliphatic imine (C=N–C) groups is 1. The molecule has 5 heteroatoms. The Balaban J connectivity index is 2.87. The number of benzene rings is 1. The molecule has 4 N–H and O–H groups in total. The van der Waals surface area contributed by atoms with Crippen LogP contribution in [0.25, 0.3) is 0 Å². The minimum atomic E-state index is -0.962. The second-order valence-corrected chi connectivity index (χ2v) is 2.54. The van der Waals surface area contributed by atoms with Crippen molar-refractivity contribution in [3.05, 3.63) is 35.9 Å². The van der Waals surface area contributed by atoms with Crippen molar-refractivity contribution in [3.8, 4) is 0 Å². The highest BCUT2D eigenvalue weighted by Gasteiger charge is 2.14. The van der Waals surface area contributed by atoms with Crippen molar-refractivity contribution in [2.75, 3.05) is 0 Å². The number of amides is 1. The minimum absolute atomic E-state index is 0.266. The molecule has 1 rings (SSSR count). The zero-order chi connectivity index (χ0) is 10.6. The number of rotatable bonds is 2. The maximum absolute atomic E-state index is 11.3. The third-order valence-corrected chi connectivity index (χ3v) is 1.46. The lowest BCUT2D eigenvalue weighted by molar-refractivity contribution is -0.113. The molecule has 0 fully saturated rings. The van der Waals surface area contributed by atoms with Crippen LogP contribution in [-0.4, -0.2) is 17.6 Å². The van der Waals surface area contributed by atoms with Crippen LogP contribution in [0, 0.1) is 0 Å². The van der Waals surface area contributed by atoms with E-state index in [1.807, 2.05) is 0 Å². The van der Waals surface area contributed by atoms with Crippen molar-refractivity contribution in [1.29, 1.82) is 0 Å². The molecular weight excluding hydrogens is 182 g/mol. The molecule has 0 saturated heterocycles. The van der Waals surface area contributed by atoms with Crippen LogP contribution in [0.15, 0.2) is 35.3 Å². The minimum Gasteiger partial charge on any atom is -0.370 e. The number of hydrogen-bond donors (Lipinski definition) is 2. The van der Waals surface area contributed by atoms with Gasteiger partial charge >= 0.3 is 5.91 Å². The molecule has 0 saturated carbocycles. The predicted molar refractivity (Wildman–Crippen MR) is 51.6 cm³/mol. The smallest absolute Gasteiger partial charge is 0.321 e. The molecule has 1 aromatic carbocycles. The maximum atomic E-state index is 11.3. The fourth-order valence-electron chi connectivity index (χ4n) is 0.881. The number of nitrogens with zero attached hydrogens (tertiary/aromatic N) is 1. The fraction of sp³-hybridized carbons (Fsp3) is 0. The van der Waals surface area contributed by atoms with E-state index < -0.39 is 17.6 Å². The van der Waals surface area contributed by atoms with Gasteiger partial charge in [0.15, 0.2) is 5.96 Å². The molecule has 1 amide bonds. The van der Waals surface area contributed by atoms with Crippen molar-refractivity contribution in [2.45, 2.75) is 0 Å². The quantitative estimate of drug-likeness (QED) is 0.289. The summed E-state index contributed by atoms with van der Waals surface area (Å²) in [6, 6.07) is 8.07.